The number of amides is 1. The summed E-state index contributed by atoms with van der Waals surface area (Å²) in [4.78, 5) is 12.5. The molecule has 0 fully saturated rings. The molecule has 0 aliphatic heterocycles. The molecular formula is C13H13ClN2OS. The van der Waals surface area contributed by atoms with Crippen LogP contribution in [-0.4, -0.2) is 5.91 Å². The van der Waals surface area contributed by atoms with Gasteiger partial charge in [0, 0.05) is 12.2 Å². The van der Waals surface area contributed by atoms with E-state index in [1.54, 1.807) is 0 Å². The maximum atomic E-state index is 11.9. The van der Waals surface area contributed by atoms with Gasteiger partial charge in [-0.05, 0) is 35.6 Å². The molecule has 0 aliphatic carbocycles. The predicted molar refractivity (Wildman–Crippen MR) is 76.1 cm³/mol. The number of rotatable bonds is 3. The Kier molecular flexibility index (Phi) is 3.89. The van der Waals surface area contributed by atoms with E-state index < -0.39 is 0 Å². The number of thiophene rings is 1. The van der Waals surface area contributed by atoms with Gasteiger partial charge in [-0.3, -0.25) is 4.79 Å². The second-order valence-corrected chi connectivity index (χ2v) is 5.24. The van der Waals surface area contributed by atoms with E-state index in [-0.39, 0.29) is 5.91 Å². The Bertz CT molecular complexity index is 563. The third kappa shape index (κ3) is 2.83. The molecule has 1 aromatic carbocycles. The Morgan fingerprint density at radius 1 is 1.39 bits per heavy atom. The molecule has 0 radical (unpaired) electrons. The van der Waals surface area contributed by atoms with Gasteiger partial charge in [0.25, 0.3) is 5.91 Å². The average molecular weight is 281 g/mol. The second-order valence-electron chi connectivity index (χ2n) is 3.99. The van der Waals surface area contributed by atoms with Gasteiger partial charge in [0.1, 0.15) is 4.88 Å². The first-order valence-electron chi connectivity index (χ1n) is 5.44. The third-order valence-electron chi connectivity index (χ3n) is 2.54. The smallest absolute Gasteiger partial charge is 0.263 e. The van der Waals surface area contributed by atoms with Crippen LogP contribution in [0, 0.1) is 6.92 Å². The zero-order valence-electron chi connectivity index (χ0n) is 9.87. The van der Waals surface area contributed by atoms with Crippen molar-refractivity contribution in [3.05, 3.63) is 50.7 Å². The number of halogens is 1. The zero-order valence-corrected chi connectivity index (χ0v) is 11.4. The van der Waals surface area contributed by atoms with Crippen molar-refractivity contribution in [2.45, 2.75) is 13.5 Å². The first kappa shape index (κ1) is 12.9. The lowest BCUT2D eigenvalue weighted by Crippen LogP contribution is -2.22. The maximum Gasteiger partial charge on any atom is 0.263 e. The normalized spacial score (nSPS) is 10.3. The van der Waals surface area contributed by atoms with Crippen LogP contribution in [0.5, 0.6) is 0 Å². The average Bonchev–Trinajstić information content (AvgIpc) is 2.69. The molecule has 1 amide bonds. The molecule has 2 rings (SSSR count). The first-order valence-corrected chi connectivity index (χ1v) is 6.70. The van der Waals surface area contributed by atoms with E-state index in [2.05, 4.69) is 5.32 Å². The highest BCUT2D eigenvalue weighted by Gasteiger charge is 2.13. The second kappa shape index (κ2) is 5.42. The summed E-state index contributed by atoms with van der Waals surface area (Å²) >= 11 is 7.40. The van der Waals surface area contributed by atoms with Crippen molar-refractivity contribution in [2.24, 2.45) is 0 Å². The fraction of sp³-hybridized carbons (Fsp3) is 0.154. The third-order valence-corrected chi connectivity index (χ3v) is 4.23. The van der Waals surface area contributed by atoms with Gasteiger partial charge in [-0.2, -0.15) is 0 Å². The summed E-state index contributed by atoms with van der Waals surface area (Å²) in [5, 5.41) is 5.25. The molecule has 0 bridgehead atoms. The fourth-order valence-electron chi connectivity index (χ4n) is 1.48. The van der Waals surface area contributed by atoms with Gasteiger partial charge in [-0.15, -0.1) is 11.3 Å². The van der Waals surface area contributed by atoms with Crippen LogP contribution in [0.1, 0.15) is 20.8 Å². The van der Waals surface area contributed by atoms with Crippen LogP contribution in [0.15, 0.2) is 29.6 Å². The van der Waals surface area contributed by atoms with Crippen LogP contribution in [0.25, 0.3) is 0 Å². The molecule has 1 aromatic heterocycles. The number of nitrogen functional groups attached to an aromatic ring is 1. The van der Waals surface area contributed by atoms with Crippen molar-refractivity contribution in [1.29, 1.82) is 0 Å². The molecule has 94 valence electrons. The molecule has 5 heteroatoms. The van der Waals surface area contributed by atoms with Crippen LogP contribution in [0.3, 0.4) is 0 Å². The molecule has 18 heavy (non-hydrogen) atoms. The SMILES string of the molecule is Cc1csc(C(=O)NCc2ccc(N)cc2)c1Cl. The molecule has 0 unspecified atom stereocenters. The van der Waals surface area contributed by atoms with Crippen molar-refractivity contribution in [2.75, 3.05) is 5.73 Å². The van der Waals surface area contributed by atoms with Crippen LogP contribution in [-0.2, 0) is 6.54 Å². The lowest BCUT2D eigenvalue weighted by atomic mass is 10.2. The summed E-state index contributed by atoms with van der Waals surface area (Å²) in [7, 11) is 0. The molecule has 0 saturated carbocycles. The highest BCUT2D eigenvalue weighted by atomic mass is 35.5. The quantitative estimate of drug-likeness (QED) is 0.848. The Balaban J connectivity index is 2.00. The van der Waals surface area contributed by atoms with Gasteiger partial charge < -0.3 is 11.1 Å². The first-order chi connectivity index (χ1) is 8.58. The summed E-state index contributed by atoms with van der Waals surface area (Å²) < 4.78 is 0. The van der Waals surface area contributed by atoms with Crippen LogP contribution in [0.2, 0.25) is 5.02 Å². The largest absolute Gasteiger partial charge is 0.399 e. The molecule has 3 nitrogen and oxygen atoms in total. The van der Waals surface area contributed by atoms with E-state index in [0.29, 0.717) is 22.1 Å². The van der Waals surface area contributed by atoms with Gasteiger partial charge in [0.2, 0.25) is 0 Å². The predicted octanol–water partition coefficient (Wildman–Crippen LogP) is 3.22. The zero-order chi connectivity index (χ0) is 13.1. The van der Waals surface area contributed by atoms with Crippen molar-refractivity contribution < 1.29 is 4.79 Å². The van der Waals surface area contributed by atoms with Gasteiger partial charge >= 0.3 is 0 Å². The number of nitrogens with one attached hydrogen (secondary N) is 1. The van der Waals surface area contributed by atoms with Crippen molar-refractivity contribution >= 4 is 34.5 Å². The topological polar surface area (TPSA) is 55.1 Å². The molecule has 3 N–H and O–H groups in total. The lowest BCUT2D eigenvalue weighted by Gasteiger charge is -2.04. The fourth-order valence-corrected chi connectivity index (χ4v) is 2.68. The summed E-state index contributed by atoms with van der Waals surface area (Å²) in [6, 6.07) is 7.39. The van der Waals surface area contributed by atoms with E-state index in [0.717, 1.165) is 11.1 Å². The molecule has 2 aromatic rings. The number of hydrogen-bond donors (Lipinski definition) is 2. The highest BCUT2D eigenvalue weighted by Crippen LogP contribution is 2.26. The standard InChI is InChI=1S/C13H13ClN2OS/c1-8-7-18-12(11(8)14)13(17)16-6-9-2-4-10(15)5-3-9/h2-5,7H,6,15H2,1H3,(H,16,17). The molecule has 0 saturated heterocycles. The number of benzene rings is 1. The van der Waals surface area contributed by atoms with E-state index in [9.17, 15) is 4.79 Å². The molecule has 0 aliphatic rings. The van der Waals surface area contributed by atoms with E-state index in [4.69, 9.17) is 17.3 Å². The van der Waals surface area contributed by atoms with Gasteiger partial charge in [0.15, 0.2) is 0 Å². The highest BCUT2D eigenvalue weighted by molar-refractivity contribution is 7.13. The number of nitrogens with two attached hydrogens (primary N) is 1. The number of anilines is 1. The Labute approximate surface area is 115 Å². The molecule has 0 atom stereocenters. The summed E-state index contributed by atoms with van der Waals surface area (Å²) in [6.45, 7) is 2.35. The number of carbonyl (C=O) groups is 1. The van der Waals surface area contributed by atoms with E-state index >= 15 is 0 Å². The monoisotopic (exact) mass is 280 g/mol. The van der Waals surface area contributed by atoms with Crippen molar-refractivity contribution in [1.82, 2.24) is 5.32 Å². The van der Waals surface area contributed by atoms with Gasteiger partial charge in [-0.1, -0.05) is 23.7 Å². The lowest BCUT2D eigenvalue weighted by molar-refractivity contribution is 0.0955. The number of carbonyl (C=O) groups excluding carboxylic acids is 1. The number of hydrogen-bond acceptors (Lipinski definition) is 3. The summed E-state index contributed by atoms with van der Waals surface area (Å²) in [5.41, 5.74) is 8.24. The minimum atomic E-state index is -0.144. The van der Waals surface area contributed by atoms with E-state index in [1.807, 2.05) is 36.6 Å². The van der Waals surface area contributed by atoms with Crippen LogP contribution in [0.4, 0.5) is 5.69 Å². The molecule has 1 heterocycles. The minimum absolute atomic E-state index is 0.144. The maximum absolute atomic E-state index is 11.9. The molecule has 0 spiro atoms. The van der Waals surface area contributed by atoms with Crippen molar-refractivity contribution in [3.8, 4) is 0 Å². The Morgan fingerprint density at radius 2 is 2.06 bits per heavy atom. The van der Waals surface area contributed by atoms with Gasteiger partial charge in [-0.25, -0.2) is 0 Å². The Hall–Kier alpha value is -1.52. The van der Waals surface area contributed by atoms with Crippen LogP contribution < -0.4 is 11.1 Å². The summed E-state index contributed by atoms with van der Waals surface area (Å²) in [6.07, 6.45) is 0. The Morgan fingerprint density at radius 3 is 2.61 bits per heavy atom. The van der Waals surface area contributed by atoms with E-state index in [1.165, 1.54) is 11.3 Å². The van der Waals surface area contributed by atoms with Crippen LogP contribution >= 0.6 is 22.9 Å². The minimum Gasteiger partial charge on any atom is -0.399 e. The summed E-state index contributed by atoms with van der Waals surface area (Å²) in [5.74, 6) is -0.144. The van der Waals surface area contributed by atoms with Crippen molar-refractivity contribution in [3.63, 3.8) is 0 Å². The molecular weight excluding hydrogens is 268 g/mol. The number of aryl methyl sites for hydroxylation is 1. The van der Waals surface area contributed by atoms with Gasteiger partial charge in [0.05, 0.1) is 5.02 Å².